The van der Waals surface area contributed by atoms with Gasteiger partial charge in [0, 0.05) is 42.5 Å². The molecule has 142 valence electrons. The van der Waals surface area contributed by atoms with Crippen molar-refractivity contribution in [2.75, 3.05) is 13.1 Å². The fourth-order valence-corrected chi connectivity index (χ4v) is 4.58. The van der Waals surface area contributed by atoms with Crippen molar-refractivity contribution >= 4 is 11.6 Å². The highest BCUT2D eigenvalue weighted by atomic mass is 16.6. The smallest absolute Gasteiger partial charge is 0.270 e. The topological polar surface area (TPSA) is 80.4 Å². The number of benzene rings is 1. The van der Waals surface area contributed by atoms with Gasteiger partial charge in [0.1, 0.15) is 5.69 Å². The van der Waals surface area contributed by atoms with Crippen molar-refractivity contribution in [3.8, 4) is 11.3 Å². The van der Waals surface area contributed by atoms with Crippen molar-refractivity contribution in [2.45, 2.75) is 31.8 Å². The summed E-state index contributed by atoms with van der Waals surface area (Å²) in [5.41, 5.74) is 2.12. The minimum Gasteiger partial charge on any atom is -0.346 e. The van der Waals surface area contributed by atoms with Gasteiger partial charge in [0.2, 0.25) is 0 Å². The van der Waals surface area contributed by atoms with Crippen LogP contribution in [0.4, 0.5) is 5.69 Å². The molecular formula is C20H24N4O3. The van der Waals surface area contributed by atoms with Gasteiger partial charge in [-0.1, -0.05) is 12.1 Å². The molecule has 3 saturated heterocycles. The molecule has 7 heteroatoms. The Balaban J connectivity index is 1.56. The summed E-state index contributed by atoms with van der Waals surface area (Å²) in [4.78, 5) is 26.0. The van der Waals surface area contributed by atoms with Crippen LogP contribution in [-0.2, 0) is 7.05 Å². The standard InChI is InChI=1S/C20H24N4O3/c1-13-19(14-8-10-23(13)11-9-14)21-20(25)18-7-6-17(22(18)2)15-4-3-5-16(12-15)24(26)27/h3-7,12-14,19H,8-11H2,1-2H3,(H,21,25)/t13-,19-/m0/s1. The summed E-state index contributed by atoms with van der Waals surface area (Å²) >= 11 is 0. The van der Waals surface area contributed by atoms with E-state index in [2.05, 4.69) is 17.1 Å². The third-order valence-electron chi connectivity index (χ3n) is 6.18. The number of fused-ring (bicyclic) bond motifs is 3. The first-order valence-corrected chi connectivity index (χ1v) is 9.41. The Bertz CT molecular complexity index is 881. The molecule has 1 amide bonds. The Hall–Kier alpha value is -2.67. The molecule has 27 heavy (non-hydrogen) atoms. The number of rotatable bonds is 4. The summed E-state index contributed by atoms with van der Waals surface area (Å²) in [6, 6.07) is 10.6. The molecule has 3 aliphatic heterocycles. The highest BCUT2D eigenvalue weighted by Crippen LogP contribution is 2.32. The minimum absolute atomic E-state index is 0.0424. The highest BCUT2D eigenvalue weighted by Gasteiger charge is 2.40. The van der Waals surface area contributed by atoms with Crippen LogP contribution in [-0.4, -0.2) is 45.5 Å². The minimum atomic E-state index is -0.408. The molecule has 1 N–H and O–H groups in total. The zero-order valence-electron chi connectivity index (χ0n) is 15.6. The lowest BCUT2D eigenvalue weighted by molar-refractivity contribution is -0.384. The molecule has 0 saturated carbocycles. The SMILES string of the molecule is C[C@H]1[C@H](NC(=O)c2ccc(-c3cccc([N+](=O)[O-])c3)n2C)C2CCN1CC2. The van der Waals surface area contributed by atoms with E-state index in [0.29, 0.717) is 17.7 Å². The van der Waals surface area contributed by atoms with E-state index in [9.17, 15) is 14.9 Å². The van der Waals surface area contributed by atoms with Gasteiger partial charge in [0.15, 0.2) is 0 Å². The fraction of sp³-hybridized carbons (Fsp3) is 0.450. The summed E-state index contributed by atoms with van der Waals surface area (Å²) in [7, 11) is 1.82. The van der Waals surface area contributed by atoms with Crippen molar-refractivity contribution in [3.63, 3.8) is 0 Å². The van der Waals surface area contributed by atoms with E-state index in [4.69, 9.17) is 0 Å². The number of aromatic nitrogens is 1. The van der Waals surface area contributed by atoms with Crippen molar-refractivity contribution in [1.29, 1.82) is 0 Å². The summed E-state index contributed by atoms with van der Waals surface area (Å²) in [6.45, 7) is 4.44. The Morgan fingerprint density at radius 1 is 1.22 bits per heavy atom. The van der Waals surface area contributed by atoms with Gasteiger partial charge in [0.25, 0.3) is 11.6 Å². The zero-order chi connectivity index (χ0) is 19.1. The van der Waals surface area contributed by atoms with Gasteiger partial charge in [-0.25, -0.2) is 0 Å². The predicted molar refractivity (Wildman–Crippen MR) is 103 cm³/mol. The number of nitro groups is 1. The van der Waals surface area contributed by atoms with E-state index in [-0.39, 0.29) is 17.6 Å². The molecule has 3 aliphatic rings. The van der Waals surface area contributed by atoms with Crippen LogP contribution in [0.2, 0.25) is 0 Å². The Morgan fingerprint density at radius 3 is 2.63 bits per heavy atom. The quantitative estimate of drug-likeness (QED) is 0.665. The molecule has 2 bridgehead atoms. The second-order valence-electron chi connectivity index (χ2n) is 7.58. The number of carbonyl (C=O) groups is 1. The van der Waals surface area contributed by atoms with Crippen LogP contribution >= 0.6 is 0 Å². The number of carbonyl (C=O) groups excluding carboxylic acids is 1. The van der Waals surface area contributed by atoms with Crippen LogP contribution in [0.1, 0.15) is 30.3 Å². The molecule has 7 nitrogen and oxygen atoms in total. The van der Waals surface area contributed by atoms with Gasteiger partial charge in [-0.2, -0.15) is 0 Å². The second-order valence-corrected chi connectivity index (χ2v) is 7.58. The molecule has 1 aromatic carbocycles. The van der Waals surface area contributed by atoms with Crippen molar-refractivity contribution in [2.24, 2.45) is 13.0 Å². The average molecular weight is 368 g/mol. The third-order valence-corrected chi connectivity index (χ3v) is 6.18. The Labute approximate surface area is 158 Å². The first-order valence-electron chi connectivity index (χ1n) is 9.41. The van der Waals surface area contributed by atoms with E-state index >= 15 is 0 Å². The summed E-state index contributed by atoms with van der Waals surface area (Å²) in [6.07, 6.45) is 2.28. The van der Waals surface area contributed by atoms with Crippen molar-refractivity contribution < 1.29 is 9.72 Å². The summed E-state index contributed by atoms with van der Waals surface area (Å²) in [5.74, 6) is 0.463. The molecule has 0 unspecified atom stereocenters. The Kier molecular flexibility index (Phi) is 4.47. The second kappa shape index (κ2) is 6.81. The van der Waals surface area contributed by atoms with Crippen LogP contribution < -0.4 is 5.32 Å². The number of non-ortho nitro benzene ring substituents is 1. The lowest BCUT2D eigenvalue weighted by Crippen LogP contribution is -2.62. The molecule has 1 aromatic heterocycles. The molecule has 0 aliphatic carbocycles. The number of nitrogens with zero attached hydrogens (tertiary/aromatic N) is 3. The maximum atomic E-state index is 12.9. The first-order chi connectivity index (χ1) is 13.0. The van der Waals surface area contributed by atoms with Crippen molar-refractivity contribution in [1.82, 2.24) is 14.8 Å². The number of nitrogens with one attached hydrogen (secondary N) is 1. The van der Waals surface area contributed by atoms with E-state index < -0.39 is 4.92 Å². The number of piperidine rings is 3. The average Bonchev–Trinajstić information content (AvgIpc) is 3.06. The maximum absolute atomic E-state index is 12.9. The summed E-state index contributed by atoms with van der Waals surface area (Å²) in [5, 5.41) is 14.3. The largest absolute Gasteiger partial charge is 0.346 e. The van der Waals surface area contributed by atoms with Gasteiger partial charge in [-0.05, 0) is 50.9 Å². The van der Waals surface area contributed by atoms with Crippen LogP contribution in [0, 0.1) is 16.0 Å². The van der Waals surface area contributed by atoms with E-state index in [1.165, 1.54) is 12.1 Å². The van der Waals surface area contributed by atoms with E-state index in [1.807, 2.05) is 19.2 Å². The lowest BCUT2D eigenvalue weighted by atomic mass is 9.79. The molecule has 0 spiro atoms. The number of hydrogen-bond donors (Lipinski definition) is 1. The lowest BCUT2D eigenvalue weighted by Gasteiger charge is -2.49. The normalized spacial score (nSPS) is 26.7. The van der Waals surface area contributed by atoms with Gasteiger partial charge < -0.3 is 9.88 Å². The predicted octanol–water partition coefficient (Wildman–Crippen LogP) is 2.81. The van der Waals surface area contributed by atoms with Gasteiger partial charge in [-0.3, -0.25) is 19.8 Å². The molecule has 2 atom stereocenters. The van der Waals surface area contributed by atoms with Crippen LogP contribution in [0.25, 0.3) is 11.3 Å². The zero-order valence-corrected chi connectivity index (χ0v) is 15.6. The highest BCUT2D eigenvalue weighted by molar-refractivity contribution is 5.94. The molecule has 5 rings (SSSR count). The summed E-state index contributed by atoms with van der Waals surface area (Å²) < 4.78 is 1.81. The fourth-order valence-electron chi connectivity index (χ4n) is 4.58. The maximum Gasteiger partial charge on any atom is 0.270 e. The van der Waals surface area contributed by atoms with Gasteiger partial charge in [-0.15, -0.1) is 0 Å². The molecular weight excluding hydrogens is 344 g/mol. The number of amides is 1. The van der Waals surface area contributed by atoms with Gasteiger partial charge >= 0.3 is 0 Å². The van der Waals surface area contributed by atoms with Crippen LogP contribution in [0.5, 0.6) is 0 Å². The first kappa shape index (κ1) is 17.7. The van der Waals surface area contributed by atoms with Gasteiger partial charge in [0.05, 0.1) is 4.92 Å². The molecule has 2 aromatic rings. The molecule has 0 radical (unpaired) electrons. The van der Waals surface area contributed by atoms with Crippen LogP contribution in [0.15, 0.2) is 36.4 Å². The number of hydrogen-bond acceptors (Lipinski definition) is 4. The molecule has 3 fully saturated rings. The number of nitro benzene ring substituents is 1. The third kappa shape index (κ3) is 3.12. The molecule has 4 heterocycles. The Morgan fingerprint density at radius 2 is 1.96 bits per heavy atom. The van der Waals surface area contributed by atoms with Crippen LogP contribution in [0.3, 0.4) is 0 Å². The van der Waals surface area contributed by atoms with Crippen molar-refractivity contribution in [3.05, 3.63) is 52.2 Å². The monoisotopic (exact) mass is 368 g/mol. The van der Waals surface area contributed by atoms with E-state index in [0.717, 1.165) is 37.2 Å². The van der Waals surface area contributed by atoms with E-state index in [1.54, 1.807) is 16.7 Å².